The molecule has 18 heavy (non-hydrogen) atoms. The highest BCUT2D eigenvalue weighted by molar-refractivity contribution is 7.10. The van der Waals surface area contributed by atoms with Crippen molar-refractivity contribution >= 4 is 11.3 Å². The van der Waals surface area contributed by atoms with Crippen LogP contribution in [0.3, 0.4) is 0 Å². The molecular weight excluding hydrogens is 246 g/mol. The van der Waals surface area contributed by atoms with Crippen molar-refractivity contribution in [3.63, 3.8) is 0 Å². The standard InChI is InChI=1S/C14H25NO2S/c1-12(2)11-17-9-8-16-7-6-15-13(3)14-5-4-10-18-14/h4-5,10,12-13,15H,6-9,11H2,1-3H3. The van der Waals surface area contributed by atoms with Gasteiger partial charge in [-0.1, -0.05) is 19.9 Å². The first-order valence-corrected chi connectivity index (χ1v) is 7.50. The van der Waals surface area contributed by atoms with Gasteiger partial charge in [-0.05, 0) is 24.3 Å². The van der Waals surface area contributed by atoms with Crippen LogP contribution in [-0.4, -0.2) is 33.0 Å². The molecule has 104 valence electrons. The first-order valence-electron chi connectivity index (χ1n) is 6.62. The summed E-state index contributed by atoms with van der Waals surface area (Å²) in [6.45, 7) is 10.3. The fraction of sp³-hybridized carbons (Fsp3) is 0.714. The summed E-state index contributed by atoms with van der Waals surface area (Å²) in [5.74, 6) is 0.596. The van der Waals surface area contributed by atoms with Crippen molar-refractivity contribution in [2.45, 2.75) is 26.8 Å². The van der Waals surface area contributed by atoms with Gasteiger partial charge in [0.1, 0.15) is 0 Å². The van der Waals surface area contributed by atoms with Crippen LogP contribution in [0.15, 0.2) is 17.5 Å². The molecule has 0 bridgehead atoms. The van der Waals surface area contributed by atoms with E-state index in [-0.39, 0.29) is 0 Å². The van der Waals surface area contributed by atoms with Gasteiger partial charge in [0.15, 0.2) is 0 Å². The molecule has 0 saturated heterocycles. The highest BCUT2D eigenvalue weighted by Crippen LogP contribution is 2.17. The van der Waals surface area contributed by atoms with E-state index in [1.165, 1.54) is 4.88 Å². The molecule has 1 rings (SSSR count). The van der Waals surface area contributed by atoms with Gasteiger partial charge in [0.2, 0.25) is 0 Å². The van der Waals surface area contributed by atoms with Gasteiger partial charge in [0.05, 0.1) is 19.8 Å². The average molecular weight is 271 g/mol. The Labute approximate surface area is 114 Å². The maximum Gasteiger partial charge on any atom is 0.0701 e. The topological polar surface area (TPSA) is 30.5 Å². The highest BCUT2D eigenvalue weighted by Gasteiger charge is 2.04. The fourth-order valence-electron chi connectivity index (χ4n) is 1.52. The van der Waals surface area contributed by atoms with E-state index in [9.17, 15) is 0 Å². The van der Waals surface area contributed by atoms with Crippen LogP contribution < -0.4 is 5.32 Å². The molecule has 0 spiro atoms. The third-order valence-electron chi connectivity index (χ3n) is 2.49. The van der Waals surface area contributed by atoms with E-state index >= 15 is 0 Å². The van der Waals surface area contributed by atoms with Gasteiger partial charge in [-0.2, -0.15) is 0 Å². The summed E-state index contributed by atoms with van der Waals surface area (Å²) < 4.78 is 10.9. The molecule has 1 atom stereocenters. The molecule has 0 radical (unpaired) electrons. The summed E-state index contributed by atoms with van der Waals surface area (Å²) in [4.78, 5) is 1.37. The van der Waals surface area contributed by atoms with Gasteiger partial charge < -0.3 is 14.8 Å². The Hall–Kier alpha value is -0.420. The van der Waals surface area contributed by atoms with E-state index in [0.717, 1.165) is 19.8 Å². The first kappa shape index (κ1) is 15.6. The van der Waals surface area contributed by atoms with Crippen molar-refractivity contribution in [3.8, 4) is 0 Å². The first-order chi connectivity index (χ1) is 8.70. The van der Waals surface area contributed by atoms with Crippen molar-refractivity contribution in [1.82, 2.24) is 5.32 Å². The third kappa shape index (κ3) is 7.11. The molecule has 4 heteroatoms. The molecule has 0 aliphatic heterocycles. The van der Waals surface area contributed by atoms with Gasteiger partial charge in [-0.3, -0.25) is 0 Å². The van der Waals surface area contributed by atoms with E-state index in [1.54, 1.807) is 11.3 Å². The maximum atomic E-state index is 5.50. The molecule has 1 unspecified atom stereocenters. The molecule has 1 N–H and O–H groups in total. The number of rotatable bonds is 10. The molecule has 0 amide bonds. The van der Waals surface area contributed by atoms with Crippen LogP contribution >= 0.6 is 11.3 Å². The largest absolute Gasteiger partial charge is 0.379 e. The van der Waals surface area contributed by atoms with Crippen molar-refractivity contribution in [3.05, 3.63) is 22.4 Å². The van der Waals surface area contributed by atoms with E-state index in [4.69, 9.17) is 9.47 Å². The highest BCUT2D eigenvalue weighted by atomic mass is 32.1. The third-order valence-corrected chi connectivity index (χ3v) is 3.55. The second-order valence-corrected chi connectivity index (χ2v) is 5.75. The second kappa shape index (κ2) is 9.50. The molecule has 1 aromatic rings. The Morgan fingerprint density at radius 2 is 1.94 bits per heavy atom. The smallest absolute Gasteiger partial charge is 0.0701 e. The minimum atomic E-state index is 0.408. The lowest BCUT2D eigenvalue weighted by molar-refractivity contribution is 0.0383. The van der Waals surface area contributed by atoms with E-state index in [1.807, 2.05) is 0 Å². The molecule has 1 heterocycles. The fourth-order valence-corrected chi connectivity index (χ4v) is 2.28. The lowest BCUT2D eigenvalue weighted by atomic mass is 10.2. The number of hydrogen-bond donors (Lipinski definition) is 1. The van der Waals surface area contributed by atoms with Crippen molar-refractivity contribution in [1.29, 1.82) is 0 Å². The van der Waals surface area contributed by atoms with Gasteiger partial charge in [0.25, 0.3) is 0 Å². The maximum absolute atomic E-state index is 5.50. The number of thiophene rings is 1. The van der Waals surface area contributed by atoms with Crippen LogP contribution in [0.5, 0.6) is 0 Å². The minimum Gasteiger partial charge on any atom is -0.379 e. The molecule has 0 aliphatic carbocycles. The molecule has 1 aromatic heterocycles. The van der Waals surface area contributed by atoms with E-state index < -0.39 is 0 Å². The quantitative estimate of drug-likeness (QED) is 0.663. The van der Waals surface area contributed by atoms with Crippen molar-refractivity contribution in [2.75, 3.05) is 33.0 Å². The lowest BCUT2D eigenvalue weighted by Gasteiger charge is -2.12. The molecule has 0 aliphatic rings. The monoisotopic (exact) mass is 271 g/mol. The van der Waals surface area contributed by atoms with Gasteiger partial charge >= 0.3 is 0 Å². The van der Waals surface area contributed by atoms with Crippen LogP contribution in [-0.2, 0) is 9.47 Å². The summed E-state index contributed by atoms with van der Waals surface area (Å²) in [6, 6.07) is 4.65. The minimum absolute atomic E-state index is 0.408. The molecule has 0 saturated carbocycles. The molecule has 0 fully saturated rings. The van der Waals surface area contributed by atoms with Crippen molar-refractivity contribution in [2.24, 2.45) is 5.92 Å². The Kier molecular flexibility index (Phi) is 8.25. The summed E-state index contributed by atoms with van der Waals surface area (Å²) in [5, 5.41) is 5.55. The zero-order valence-electron chi connectivity index (χ0n) is 11.6. The number of ether oxygens (including phenoxy) is 2. The number of nitrogens with one attached hydrogen (secondary N) is 1. The second-order valence-electron chi connectivity index (χ2n) is 4.77. The Balaban J connectivity index is 1.90. The van der Waals surface area contributed by atoms with Crippen molar-refractivity contribution < 1.29 is 9.47 Å². The van der Waals surface area contributed by atoms with Crippen LogP contribution in [0.4, 0.5) is 0 Å². The molecule has 0 aromatic carbocycles. The normalized spacial score (nSPS) is 13.1. The summed E-state index contributed by atoms with van der Waals surface area (Å²) in [5.41, 5.74) is 0. The van der Waals surface area contributed by atoms with Crippen LogP contribution in [0.2, 0.25) is 0 Å². The summed E-state index contributed by atoms with van der Waals surface area (Å²) in [7, 11) is 0. The predicted molar refractivity (Wildman–Crippen MR) is 77.2 cm³/mol. The Morgan fingerprint density at radius 3 is 2.61 bits per heavy atom. The predicted octanol–water partition coefficient (Wildman–Crippen LogP) is 3.09. The van der Waals surface area contributed by atoms with Gasteiger partial charge in [-0.15, -0.1) is 11.3 Å². The zero-order chi connectivity index (χ0) is 13.2. The SMILES string of the molecule is CC(C)COCCOCCNC(C)c1cccs1. The molecule has 3 nitrogen and oxygen atoms in total. The summed E-state index contributed by atoms with van der Waals surface area (Å²) >= 11 is 1.79. The van der Waals surface area contributed by atoms with Crippen LogP contribution in [0.25, 0.3) is 0 Å². The van der Waals surface area contributed by atoms with Crippen LogP contribution in [0, 0.1) is 5.92 Å². The zero-order valence-corrected chi connectivity index (χ0v) is 12.5. The summed E-state index contributed by atoms with van der Waals surface area (Å²) in [6.07, 6.45) is 0. The number of hydrogen-bond acceptors (Lipinski definition) is 4. The van der Waals surface area contributed by atoms with E-state index in [0.29, 0.717) is 25.2 Å². The Bertz CT molecular complexity index is 288. The average Bonchev–Trinajstić information content (AvgIpc) is 2.85. The lowest BCUT2D eigenvalue weighted by Crippen LogP contribution is -2.23. The van der Waals surface area contributed by atoms with E-state index in [2.05, 4.69) is 43.6 Å². The van der Waals surface area contributed by atoms with Crippen LogP contribution in [0.1, 0.15) is 31.7 Å². The van der Waals surface area contributed by atoms with Gasteiger partial charge in [-0.25, -0.2) is 0 Å². The van der Waals surface area contributed by atoms with Gasteiger partial charge in [0, 0.05) is 24.1 Å². The molecular formula is C14H25NO2S. The Morgan fingerprint density at radius 1 is 1.17 bits per heavy atom.